The fourth-order valence-electron chi connectivity index (χ4n) is 6.83. The van der Waals surface area contributed by atoms with Gasteiger partial charge >= 0.3 is 5.97 Å². The predicted octanol–water partition coefficient (Wildman–Crippen LogP) is 4.13. The van der Waals surface area contributed by atoms with E-state index in [4.69, 9.17) is 5.11 Å². The van der Waals surface area contributed by atoms with Crippen LogP contribution in [-0.2, 0) is 14.4 Å². The van der Waals surface area contributed by atoms with Gasteiger partial charge in [0.2, 0.25) is 0 Å². The predicted molar refractivity (Wildman–Crippen MR) is 106 cm³/mol. The van der Waals surface area contributed by atoms with Crippen molar-refractivity contribution >= 4 is 29.3 Å². The van der Waals surface area contributed by atoms with Gasteiger partial charge in [-0.15, -0.1) is 0 Å². The van der Waals surface area contributed by atoms with E-state index < -0.39 is 5.97 Å². The minimum absolute atomic E-state index is 0.0371. The minimum atomic E-state index is -0.750. The zero-order chi connectivity index (χ0) is 19.4. The van der Waals surface area contributed by atoms with Crippen LogP contribution in [0.25, 0.3) is 0 Å². The molecule has 3 fully saturated rings. The number of rotatable bonds is 4. The Labute approximate surface area is 165 Å². The molecule has 0 aliphatic heterocycles. The van der Waals surface area contributed by atoms with Crippen molar-refractivity contribution < 1.29 is 19.5 Å². The second-order valence-electron chi connectivity index (χ2n) is 9.56. The molecule has 1 N–H and O–H groups in total. The van der Waals surface area contributed by atoms with Gasteiger partial charge in [-0.3, -0.25) is 14.4 Å². The molecule has 4 rings (SSSR count). The van der Waals surface area contributed by atoms with E-state index in [1.54, 1.807) is 17.8 Å². The summed E-state index contributed by atoms with van der Waals surface area (Å²) < 4.78 is 0. The van der Waals surface area contributed by atoms with Crippen LogP contribution in [-0.4, -0.2) is 33.6 Å². The van der Waals surface area contributed by atoms with E-state index in [9.17, 15) is 14.4 Å². The summed E-state index contributed by atoms with van der Waals surface area (Å²) in [4.78, 5) is 35.8. The van der Waals surface area contributed by atoms with E-state index in [0.717, 1.165) is 25.7 Å². The Balaban J connectivity index is 1.67. The van der Waals surface area contributed by atoms with E-state index in [1.165, 1.54) is 0 Å². The number of fused-ring (bicyclic) bond motifs is 5. The number of carboxylic acid groups (broad SMARTS) is 1. The van der Waals surface area contributed by atoms with Crippen LogP contribution in [0.3, 0.4) is 0 Å². The van der Waals surface area contributed by atoms with E-state index in [1.807, 2.05) is 0 Å². The maximum Gasteiger partial charge on any atom is 0.304 e. The third-order valence-corrected chi connectivity index (χ3v) is 9.76. The molecule has 0 aromatic rings. The Morgan fingerprint density at radius 3 is 2.78 bits per heavy atom. The van der Waals surface area contributed by atoms with Crippen LogP contribution in [0.5, 0.6) is 0 Å². The van der Waals surface area contributed by atoms with Gasteiger partial charge in [0.05, 0.1) is 6.42 Å². The molecule has 0 spiro atoms. The highest BCUT2D eigenvalue weighted by Crippen LogP contribution is 2.65. The molecule has 5 heteroatoms. The van der Waals surface area contributed by atoms with Crippen LogP contribution >= 0.6 is 11.8 Å². The first-order chi connectivity index (χ1) is 12.8. The van der Waals surface area contributed by atoms with Crippen molar-refractivity contribution in [1.82, 2.24) is 0 Å². The standard InChI is InChI=1S/C22H30O4S/c1-21-8-5-14(23)11-13(21)12-17(27-10-7-19(25)26)20-15-3-4-18(24)22(15,2)9-6-16(20)21/h5,8,13,15-17,20H,3-4,6-7,9-12H2,1-2H3,(H,25,26)/t13?,15-,16+,17?,20-,21-,22-/m0/s1. The maximum atomic E-state index is 12.7. The van der Waals surface area contributed by atoms with E-state index in [-0.39, 0.29) is 23.0 Å². The number of thioether (sulfide) groups is 1. The fraction of sp³-hybridized carbons (Fsp3) is 0.773. The summed E-state index contributed by atoms with van der Waals surface area (Å²) in [5, 5.41) is 9.42. The SMILES string of the molecule is C[C@]12C=CC(=O)CC1CC(SCCC(=O)O)[C@@H]1[C@H]2CC[C@]2(C)C(=O)CC[C@@H]12. The number of carbonyl (C=O) groups is 3. The van der Waals surface area contributed by atoms with Crippen LogP contribution in [0, 0.1) is 34.5 Å². The first-order valence-electron chi connectivity index (χ1n) is 10.3. The normalized spacial score (nSPS) is 45.9. The average molecular weight is 391 g/mol. The van der Waals surface area contributed by atoms with Gasteiger partial charge in [-0.25, -0.2) is 0 Å². The number of Topliss-reactive ketones (excluding diaryl/α,β-unsaturated/α-hetero) is 1. The van der Waals surface area contributed by atoms with Gasteiger partial charge in [-0.1, -0.05) is 19.9 Å². The molecular formula is C22H30O4S. The van der Waals surface area contributed by atoms with Gasteiger partial charge in [0, 0.05) is 29.3 Å². The molecule has 3 saturated carbocycles. The molecule has 0 aromatic carbocycles. The fourth-order valence-corrected chi connectivity index (χ4v) is 8.39. The van der Waals surface area contributed by atoms with Crippen molar-refractivity contribution in [2.45, 2.75) is 64.0 Å². The lowest BCUT2D eigenvalue weighted by atomic mass is 9.46. The van der Waals surface area contributed by atoms with E-state index in [2.05, 4.69) is 19.9 Å². The number of allylic oxidation sites excluding steroid dienone is 2. The van der Waals surface area contributed by atoms with Crippen LogP contribution < -0.4 is 0 Å². The second-order valence-corrected chi connectivity index (χ2v) is 10.9. The van der Waals surface area contributed by atoms with Crippen LogP contribution in [0.1, 0.15) is 58.8 Å². The summed E-state index contributed by atoms with van der Waals surface area (Å²) in [6.07, 6.45) is 9.43. The van der Waals surface area contributed by atoms with Crippen LogP contribution in [0.2, 0.25) is 0 Å². The molecule has 27 heavy (non-hydrogen) atoms. The molecule has 148 valence electrons. The minimum Gasteiger partial charge on any atom is -0.481 e. The van der Waals surface area contributed by atoms with Crippen molar-refractivity contribution in [2.75, 3.05) is 5.75 Å². The zero-order valence-corrected chi connectivity index (χ0v) is 17.1. The number of ketones is 2. The summed E-state index contributed by atoms with van der Waals surface area (Å²) in [6.45, 7) is 4.51. The molecule has 7 atom stereocenters. The van der Waals surface area contributed by atoms with Gasteiger partial charge in [-0.05, 0) is 60.8 Å². The van der Waals surface area contributed by atoms with Gasteiger partial charge in [-0.2, -0.15) is 11.8 Å². The summed E-state index contributed by atoms with van der Waals surface area (Å²) in [6, 6.07) is 0. The molecule has 2 unspecified atom stereocenters. The molecule has 0 bridgehead atoms. The lowest BCUT2D eigenvalue weighted by molar-refractivity contribution is -0.136. The van der Waals surface area contributed by atoms with Crippen LogP contribution in [0.15, 0.2) is 12.2 Å². The number of carbonyl (C=O) groups excluding carboxylic acids is 2. The molecule has 0 aromatic heterocycles. The van der Waals surface area contributed by atoms with Crippen molar-refractivity contribution in [1.29, 1.82) is 0 Å². The van der Waals surface area contributed by atoms with Gasteiger partial charge in [0.1, 0.15) is 5.78 Å². The summed E-state index contributed by atoms with van der Waals surface area (Å²) in [7, 11) is 0. The Bertz CT molecular complexity index is 700. The highest BCUT2D eigenvalue weighted by Gasteiger charge is 2.62. The third-order valence-electron chi connectivity index (χ3n) is 8.39. The molecule has 0 amide bonds. The summed E-state index contributed by atoms with van der Waals surface area (Å²) in [5.74, 6) is 2.23. The quantitative estimate of drug-likeness (QED) is 0.781. The monoisotopic (exact) mass is 390 g/mol. The molecule has 0 heterocycles. The average Bonchev–Trinajstić information content (AvgIpc) is 2.91. The van der Waals surface area contributed by atoms with Gasteiger partial charge in [0.15, 0.2) is 5.78 Å². The first-order valence-corrected chi connectivity index (χ1v) is 11.4. The maximum absolute atomic E-state index is 12.7. The van der Waals surface area contributed by atoms with Gasteiger partial charge in [0.25, 0.3) is 0 Å². The molecule has 4 aliphatic rings. The highest BCUT2D eigenvalue weighted by atomic mass is 32.2. The lowest BCUT2D eigenvalue weighted by Gasteiger charge is -2.60. The lowest BCUT2D eigenvalue weighted by Crippen LogP contribution is -2.56. The van der Waals surface area contributed by atoms with Crippen molar-refractivity contribution in [3.05, 3.63) is 12.2 Å². The first kappa shape index (κ1) is 19.2. The zero-order valence-electron chi connectivity index (χ0n) is 16.3. The van der Waals surface area contributed by atoms with Crippen molar-refractivity contribution in [2.24, 2.45) is 34.5 Å². The topological polar surface area (TPSA) is 71.4 Å². The Morgan fingerprint density at radius 1 is 1.26 bits per heavy atom. The van der Waals surface area contributed by atoms with E-state index in [0.29, 0.717) is 53.3 Å². The molecule has 0 saturated heterocycles. The number of hydrogen-bond acceptors (Lipinski definition) is 4. The molecule has 4 aliphatic carbocycles. The van der Waals surface area contributed by atoms with Gasteiger partial charge < -0.3 is 5.11 Å². The smallest absolute Gasteiger partial charge is 0.304 e. The van der Waals surface area contributed by atoms with E-state index >= 15 is 0 Å². The summed E-state index contributed by atoms with van der Waals surface area (Å²) in [5.41, 5.74) is -0.153. The Kier molecular flexibility index (Phi) is 4.81. The van der Waals surface area contributed by atoms with Crippen molar-refractivity contribution in [3.8, 4) is 0 Å². The third kappa shape index (κ3) is 3.01. The highest BCUT2D eigenvalue weighted by molar-refractivity contribution is 7.99. The second kappa shape index (κ2) is 6.75. The number of carboxylic acids is 1. The largest absolute Gasteiger partial charge is 0.481 e. The number of hydrogen-bond donors (Lipinski definition) is 1. The Hall–Kier alpha value is -1.10. The molecular weight excluding hydrogens is 360 g/mol. The van der Waals surface area contributed by atoms with Crippen LogP contribution in [0.4, 0.5) is 0 Å². The summed E-state index contributed by atoms with van der Waals surface area (Å²) >= 11 is 1.79. The number of aliphatic carboxylic acids is 1. The molecule has 4 nitrogen and oxygen atoms in total. The van der Waals surface area contributed by atoms with Crippen molar-refractivity contribution in [3.63, 3.8) is 0 Å². The molecule has 0 radical (unpaired) electrons. The Morgan fingerprint density at radius 2 is 2.04 bits per heavy atom.